The Bertz CT molecular complexity index is 132. The SMILES string of the molecule is OCCC12CCCC1CCC2. The minimum Gasteiger partial charge on any atom is -0.396 e. The van der Waals surface area contributed by atoms with Crippen molar-refractivity contribution >= 4 is 0 Å². The zero-order chi connectivity index (χ0) is 7.73. The molecule has 11 heavy (non-hydrogen) atoms. The zero-order valence-electron chi connectivity index (χ0n) is 7.18. The molecule has 0 aliphatic heterocycles. The summed E-state index contributed by atoms with van der Waals surface area (Å²) in [7, 11) is 0. The van der Waals surface area contributed by atoms with E-state index < -0.39 is 0 Å². The molecule has 1 nitrogen and oxygen atoms in total. The maximum absolute atomic E-state index is 8.97. The molecular formula is C10H18O. The third-order valence-corrected chi connectivity index (χ3v) is 3.93. The van der Waals surface area contributed by atoms with Gasteiger partial charge in [0.05, 0.1) is 0 Å². The minimum absolute atomic E-state index is 0.413. The summed E-state index contributed by atoms with van der Waals surface area (Å²) < 4.78 is 0. The predicted octanol–water partition coefficient (Wildman–Crippen LogP) is 2.34. The maximum atomic E-state index is 8.97. The van der Waals surface area contributed by atoms with Gasteiger partial charge in [0.25, 0.3) is 0 Å². The number of hydrogen-bond donors (Lipinski definition) is 1. The highest BCUT2D eigenvalue weighted by Crippen LogP contribution is 2.55. The first kappa shape index (κ1) is 7.60. The quantitative estimate of drug-likeness (QED) is 0.647. The summed E-state index contributed by atoms with van der Waals surface area (Å²) >= 11 is 0. The Morgan fingerprint density at radius 3 is 2.36 bits per heavy atom. The Morgan fingerprint density at radius 1 is 1.18 bits per heavy atom. The van der Waals surface area contributed by atoms with Gasteiger partial charge in [0.2, 0.25) is 0 Å². The van der Waals surface area contributed by atoms with Crippen molar-refractivity contribution in [2.75, 3.05) is 6.61 Å². The van der Waals surface area contributed by atoms with Gasteiger partial charge in [0, 0.05) is 6.61 Å². The van der Waals surface area contributed by atoms with Crippen LogP contribution in [-0.4, -0.2) is 11.7 Å². The van der Waals surface area contributed by atoms with Gasteiger partial charge >= 0.3 is 0 Å². The molecule has 1 N–H and O–H groups in total. The minimum atomic E-state index is 0.413. The van der Waals surface area contributed by atoms with E-state index in [1.807, 2.05) is 0 Å². The van der Waals surface area contributed by atoms with E-state index in [2.05, 4.69) is 0 Å². The number of aliphatic hydroxyl groups is 1. The van der Waals surface area contributed by atoms with Crippen LogP contribution < -0.4 is 0 Å². The first-order valence-electron chi connectivity index (χ1n) is 4.98. The molecule has 2 saturated carbocycles. The van der Waals surface area contributed by atoms with E-state index in [1.54, 1.807) is 0 Å². The number of aliphatic hydroxyl groups excluding tert-OH is 1. The van der Waals surface area contributed by atoms with Crippen LogP contribution in [0.2, 0.25) is 0 Å². The molecule has 0 aromatic heterocycles. The highest BCUT2D eigenvalue weighted by Gasteiger charge is 2.44. The van der Waals surface area contributed by atoms with Gasteiger partial charge in [-0.05, 0) is 43.4 Å². The molecule has 64 valence electrons. The van der Waals surface area contributed by atoms with Crippen LogP contribution in [0, 0.1) is 11.3 Å². The fourth-order valence-electron chi connectivity index (χ4n) is 3.37. The van der Waals surface area contributed by atoms with Gasteiger partial charge in [0.1, 0.15) is 0 Å². The van der Waals surface area contributed by atoms with Gasteiger partial charge in [-0.25, -0.2) is 0 Å². The fraction of sp³-hybridized carbons (Fsp3) is 1.00. The topological polar surface area (TPSA) is 20.2 Å². The van der Waals surface area contributed by atoms with Crippen molar-refractivity contribution in [1.82, 2.24) is 0 Å². The standard InChI is InChI=1S/C10H18O/c11-8-7-10-5-1-3-9(10)4-2-6-10/h9,11H,1-8H2. The molecule has 0 aromatic rings. The summed E-state index contributed by atoms with van der Waals surface area (Å²) in [4.78, 5) is 0. The third kappa shape index (κ3) is 1.10. The average molecular weight is 154 g/mol. The largest absolute Gasteiger partial charge is 0.396 e. The molecule has 0 aromatic carbocycles. The molecule has 0 saturated heterocycles. The molecule has 0 radical (unpaired) electrons. The number of fused-ring (bicyclic) bond motifs is 1. The lowest BCUT2D eigenvalue weighted by molar-refractivity contribution is 0.158. The fourth-order valence-corrected chi connectivity index (χ4v) is 3.37. The lowest BCUT2D eigenvalue weighted by Crippen LogP contribution is -2.20. The second-order valence-electron chi connectivity index (χ2n) is 4.32. The summed E-state index contributed by atoms with van der Waals surface area (Å²) in [5, 5.41) is 8.97. The van der Waals surface area contributed by atoms with E-state index in [0.717, 1.165) is 12.3 Å². The molecule has 0 atom stereocenters. The summed E-state index contributed by atoms with van der Waals surface area (Å²) in [6.07, 6.45) is 9.61. The molecule has 0 amide bonds. The van der Waals surface area contributed by atoms with E-state index in [-0.39, 0.29) is 0 Å². The Labute approximate surface area is 68.8 Å². The first-order chi connectivity index (χ1) is 5.37. The lowest BCUT2D eigenvalue weighted by Gasteiger charge is -2.28. The third-order valence-electron chi connectivity index (χ3n) is 3.93. The highest BCUT2D eigenvalue weighted by molar-refractivity contribution is 4.95. The maximum Gasteiger partial charge on any atom is 0.0436 e. The van der Waals surface area contributed by atoms with Gasteiger partial charge in [-0.1, -0.05) is 12.8 Å². The lowest BCUT2D eigenvalue weighted by atomic mass is 9.78. The van der Waals surface area contributed by atoms with Crippen LogP contribution in [0.1, 0.15) is 44.9 Å². The van der Waals surface area contributed by atoms with E-state index in [1.165, 1.54) is 38.5 Å². The second-order valence-corrected chi connectivity index (χ2v) is 4.32. The van der Waals surface area contributed by atoms with Crippen molar-refractivity contribution < 1.29 is 5.11 Å². The van der Waals surface area contributed by atoms with E-state index in [9.17, 15) is 0 Å². The van der Waals surface area contributed by atoms with Crippen LogP contribution in [0.3, 0.4) is 0 Å². The molecular weight excluding hydrogens is 136 g/mol. The van der Waals surface area contributed by atoms with Crippen LogP contribution >= 0.6 is 0 Å². The monoisotopic (exact) mass is 154 g/mol. The Kier molecular flexibility index (Phi) is 1.92. The highest BCUT2D eigenvalue weighted by atomic mass is 16.3. The first-order valence-corrected chi connectivity index (χ1v) is 4.98. The Balaban J connectivity index is 2.07. The van der Waals surface area contributed by atoms with Crippen molar-refractivity contribution in [3.05, 3.63) is 0 Å². The molecule has 2 fully saturated rings. The van der Waals surface area contributed by atoms with Crippen molar-refractivity contribution in [1.29, 1.82) is 0 Å². The second kappa shape index (κ2) is 2.78. The van der Waals surface area contributed by atoms with Crippen molar-refractivity contribution in [3.63, 3.8) is 0 Å². The van der Waals surface area contributed by atoms with Crippen LogP contribution in [0.25, 0.3) is 0 Å². The summed E-state index contributed by atoms with van der Waals surface area (Å²) in [6.45, 7) is 0.413. The molecule has 0 unspecified atom stereocenters. The van der Waals surface area contributed by atoms with Gasteiger partial charge in [-0.3, -0.25) is 0 Å². The van der Waals surface area contributed by atoms with Gasteiger partial charge in [0.15, 0.2) is 0 Å². The Morgan fingerprint density at radius 2 is 1.82 bits per heavy atom. The van der Waals surface area contributed by atoms with Crippen LogP contribution in [-0.2, 0) is 0 Å². The van der Waals surface area contributed by atoms with Gasteiger partial charge in [-0.15, -0.1) is 0 Å². The van der Waals surface area contributed by atoms with E-state index >= 15 is 0 Å². The summed E-state index contributed by atoms with van der Waals surface area (Å²) in [5.41, 5.74) is 0.606. The van der Waals surface area contributed by atoms with Crippen LogP contribution in [0.4, 0.5) is 0 Å². The molecule has 0 heterocycles. The molecule has 1 heteroatoms. The Hall–Kier alpha value is -0.0400. The smallest absolute Gasteiger partial charge is 0.0436 e. The van der Waals surface area contributed by atoms with Crippen molar-refractivity contribution in [3.8, 4) is 0 Å². The summed E-state index contributed by atoms with van der Waals surface area (Å²) in [6, 6.07) is 0. The van der Waals surface area contributed by atoms with Gasteiger partial charge in [-0.2, -0.15) is 0 Å². The van der Waals surface area contributed by atoms with E-state index in [0.29, 0.717) is 12.0 Å². The van der Waals surface area contributed by atoms with Crippen molar-refractivity contribution in [2.24, 2.45) is 11.3 Å². The molecule has 0 bridgehead atoms. The van der Waals surface area contributed by atoms with Crippen molar-refractivity contribution in [2.45, 2.75) is 44.9 Å². The van der Waals surface area contributed by atoms with Crippen LogP contribution in [0.15, 0.2) is 0 Å². The van der Waals surface area contributed by atoms with Gasteiger partial charge < -0.3 is 5.11 Å². The average Bonchev–Trinajstić information content (AvgIpc) is 2.45. The van der Waals surface area contributed by atoms with E-state index in [4.69, 9.17) is 5.11 Å². The summed E-state index contributed by atoms with van der Waals surface area (Å²) in [5.74, 6) is 0.981. The predicted molar refractivity (Wildman–Crippen MR) is 45.3 cm³/mol. The normalized spacial score (nSPS) is 42.8. The van der Waals surface area contributed by atoms with Crippen LogP contribution in [0.5, 0.6) is 0 Å². The molecule has 2 aliphatic rings. The molecule has 0 spiro atoms. The zero-order valence-corrected chi connectivity index (χ0v) is 7.18. The molecule has 2 aliphatic carbocycles. The number of rotatable bonds is 2. The molecule has 2 rings (SSSR count). The number of hydrogen-bond acceptors (Lipinski definition) is 1.